The van der Waals surface area contributed by atoms with Crippen molar-refractivity contribution in [3.05, 3.63) is 27.6 Å². The van der Waals surface area contributed by atoms with Crippen molar-refractivity contribution in [2.24, 2.45) is 5.73 Å². The van der Waals surface area contributed by atoms with Gasteiger partial charge in [-0.3, -0.25) is 9.59 Å². The van der Waals surface area contributed by atoms with E-state index in [0.717, 1.165) is 12.3 Å². The highest BCUT2D eigenvalue weighted by atomic mass is 35.5. The SMILES string of the molecule is CC(C)(NS(=O)(=O)c1c[nH]c(=O)c(Cl)c1)C(N)=O. The number of nitrogens with two attached hydrogens (primary N) is 1. The molecule has 1 heterocycles. The summed E-state index contributed by atoms with van der Waals surface area (Å²) in [7, 11) is -4.01. The lowest BCUT2D eigenvalue weighted by molar-refractivity contribution is -0.122. The molecule has 1 rings (SSSR count). The van der Waals surface area contributed by atoms with Crippen LogP contribution in [0.5, 0.6) is 0 Å². The number of carbonyl (C=O) groups excluding carboxylic acids is 1. The van der Waals surface area contributed by atoms with E-state index in [1.807, 2.05) is 0 Å². The van der Waals surface area contributed by atoms with Crippen LogP contribution in [0.1, 0.15) is 13.8 Å². The van der Waals surface area contributed by atoms with E-state index < -0.39 is 27.0 Å². The molecule has 9 heteroatoms. The van der Waals surface area contributed by atoms with Crippen molar-refractivity contribution in [2.45, 2.75) is 24.3 Å². The fourth-order valence-corrected chi connectivity index (χ4v) is 2.65. The van der Waals surface area contributed by atoms with Crippen LogP contribution >= 0.6 is 11.6 Å². The maximum atomic E-state index is 11.9. The molecule has 0 radical (unpaired) electrons. The van der Waals surface area contributed by atoms with Gasteiger partial charge in [0.25, 0.3) is 5.56 Å². The van der Waals surface area contributed by atoms with Crippen LogP contribution in [0.4, 0.5) is 0 Å². The molecule has 18 heavy (non-hydrogen) atoms. The molecule has 0 bridgehead atoms. The monoisotopic (exact) mass is 293 g/mol. The number of nitrogens with one attached hydrogen (secondary N) is 2. The number of amides is 1. The second-order valence-electron chi connectivity index (χ2n) is 4.11. The predicted molar refractivity (Wildman–Crippen MR) is 65.7 cm³/mol. The van der Waals surface area contributed by atoms with Gasteiger partial charge in [0, 0.05) is 6.20 Å². The Balaban J connectivity index is 3.19. The summed E-state index contributed by atoms with van der Waals surface area (Å²) in [5, 5.41) is -0.269. The van der Waals surface area contributed by atoms with Gasteiger partial charge in [-0.25, -0.2) is 8.42 Å². The third-order valence-electron chi connectivity index (χ3n) is 2.15. The van der Waals surface area contributed by atoms with E-state index in [4.69, 9.17) is 17.3 Å². The first-order chi connectivity index (χ1) is 8.06. The van der Waals surface area contributed by atoms with Gasteiger partial charge in [0.05, 0.1) is 4.90 Å². The van der Waals surface area contributed by atoms with Crippen LogP contribution in [-0.4, -0.2) is 24.8 Å². The standard InChI is InChI=1S/C9H12ClN3O4S/c1-9(2,8(11)15)13-18(16,17)5-3-6(10)7(14)12-4-5/h3-4,13H,1-2H3,(H2,11,15)(H,12,14). The molecule has 7 nitrogen and oxygen atoms in total. The number of pyridine rings is 1. The highest BCUT2D eigenvalue weighted by Gasteiger charge is 2.31. The minimum absolute atomic E-state index is 0.263. The summed E-state index contributed by atoms with van der Waals surface area (Å²) in [5.74, 6) is -0.832. The zero-order chi connectivity index (χ0) is 14.1. The molecule has 4 N–H and O–H groups in total. The van der Waals surface area contributed by atoms with Crippen molar-refractivity contribution in [2.75, 3.05) is 0 Å². The Labute approximate surface area is 108 Å². The molecule has 0 saturated carbocycles. The number of primary amides is 1. The van der Waals surface area contributed by atoms with Gasteiger partial charge in [0.1, 0.15) is 10.6 Å². The highest BCUT2D eigenvalue weighted by Crippen LogP contribution is 2.13. The summed E-state index contributed by atoms with van der Waals surface area (Å²) in [5.41, 5.74) is 3.00. The van der Waals surface area contributed by atoms with Crippen molar-refractivity contribution in [1.29, 1.82) is 0 Å². The quantitative estimate of drug-likeness (QED) is 0.697. The number of H-pyrrole nitrogens is 1. The fourth-order valence-electron chi connectivity index (χ4n) is 1.04. The number of hydrogen-bond donors (Lipinski definition) is 3. The van der Waals surface area contributed by atoms with Crippen LogP contribution in [-0.2, 0) is 14.8 Å². The first-order valence-electron chi connectivity index (χ1n) is 4.78. The third kappa shape index (κ3) is 3.09. The summed E-state index contributed by atoms with van der Waals surface area (Å²) in [6.07, 6.45) is 0.980. The van der Waals surface area contributed by atoms with Gasteiger partial charge in [0.15, 0.2) is 0 Å². The van der Waals surface area contributed by atoms with Crippen molar-refractivity contribution in [1.82, 2.24) is 9.71 Å². The van der Waals surface area contributed by atoms with Gasteiger partial charge in [0.2, 0.25) is 15.9 Å². The minimum Gasteiger partial charge on any atom is -0.368 e. The van der Waals surface area contributed by atoms with Gasteiger partial charge in [-0.1, -0.05) is 11.6 Å². The Morgan fingerprint density at radius 1 is 1.50 bits per heavy atom. The van der Waals surface area contributed by atoms with E-state index in [9.17, 15) is 18.0 Å². The summed E-state index contributed by atoms with van der Waals surface area (Å²) in [4.78, 5) is 24.0. The van der Waals surface area contributed by atoms with E-state index >= 15 is 0 Å². The maximum absolute atomic E-state index is 11.9. The second kappa shape index (κ2) is 4.71. The number of hydrogen-bond acceptors (Lipinski definition) is 4. The Bertz CT molecular complexity index is 635. The van der Waals surface area contributed by atoms with Crippen molar-refractivity contribution in [3.8, 4) is 0 Å². The van der Waals surface area contributed by atoms with Crippen LogP contribution < -0.4 is 16.0 Å². The van der Waals surface area contributed by atoms with Gasteiger partial charge in [-0.2, -0.15) is 4.72 Å². The number of halogens is 1. The van der Waals surface area contributed by atoms with E-state index in [-0.39, 0.29) is 9.92 Å². The molecule has 0 aliphatic carbocycles. The van der Waals surface area contributed by atoms with Crippen LogP contribution in [0, 0.1) is 0 Å². The molecule has 1 aromatic rings. The minimum atomic E-state index is -4.01. The molecule has 100 valence electrons. The van der Waals surface area contributed by atoms with Gasteiger partial charge < -0.3 is 10.7 Å². The Kier molecular flexibility index (Phi) is 3.84. The Morgan fingerprint density at radius 2 is 2.06 bits per heavy atom. The molecule has 0 aromatic carbocycles. The van der Waals surface area contributed by atoms with Crippen LogP contribution in [0.3, 0.4) is 0 Å². The van der Waals surface area contributed by atoms with Crippen LogP contribution in [0.15, 0.2) is 22.0 Å². The first-order valence-corrected chi connectivity index (χ1v) is 6.64. The van der Waals surface area contributed by atoms with Crippen molar-refractivity contribution >= 4 is 27.5 Å². The molecule has 1 amide bonds. The molecular formula is C9H12ClN3O4S. The zero-order valence-corrected chi connectivity index (χ0v) is 11.2. The number of carbonyl (C=O) groups is 1. The molecule has 0 spiro atoms. The second-order valence-corrected chi connectivity index (χ2v) is 6.20. The average molecular weight is 294 g/mol. The van der Waals surface area contributed by atoms with Crippen molar-refractivity contribution in [3.63, 3.8) is 0 Å². The molecule has 1 aromatic heterocycles. The normalized spacial score (nSPS) is 12.4. The predicted octanol–water partition coefficient (Wildman–Crippen LogP) is -0.430. The Morgan fingerprint density at radius 3 is 2.50 bits per heavy atom. The summed E-state index contributed by atoms with van der Waals surface area (Å²) < 4.78 is 25.9. The largest absolute Gasteiger partial charge is 0.368 e. The molecule has 0 aliphatic rings. The first kappa shape index (κ1) is 14.7. The molecule has 0 saturated heterocycles. The van der Waals surface area contributed by atoms with Gasteiger partial charge >= 0.3 is 0 Å². The topological polar surface area (TPSA) is 122 Å². The smallest absolute Gasteiger partial charge is 0.266 e. The summed E-state index contributed by atoms with van der Waals surface area (Å²) >= 11 is 5.53. The fraction of sp³-hybridized carbons (Fsp3) is 0.333. The maximum Gasteiger partial charge on any atom is 0.266 e. The third-order valence-corrected chi connectivity index (χ3v) is 4.06. The molecule has 0 fully saturated rings. The summed E-state index contributed by atoms with van der Waals surface area (Å²) in [6, 6.07) is 0.986. The lowest BCUT2D eigenvalue weighted by Crippen LogP contribution is -2.52. The lowest BCUT2D eigenvalue weighted by atomic mass is 10.1. The van der Waals surface area contributed by atoms with Crippen LogP contribution in [0.2, 0.25) is 5.02 Å². The average Bonchev–Trinajstić information content (AvgIpc) is 2.20. The molecule has 0 aliphatic heterocycles. The van der Waals surface area contributed by atoms with E-state index in [0.29, 0.717) is 0 Å². The highest BCUT2D eigenvalue weighted by molar-refractivity contribution is 7.89. The number of aromatic nitrogens is 1. The summed E-state index contributed by atoms with van der Waals surface area (Å²) in [6.45, 7) is 2.64. The number of aromatic amines is 1. The van der Waals surface area contributed by atoms with E-state index in [1.165, 1.54) is 13.8 Å². The van der Waals surface area contributed by atoms with Gasteiger partial charge in [-0.15, -0.1) is 0 Å². The number of sulfonamides is 1. The Hall–Kier alpha value is -1.38. The van der Waals surface area contributed by atoms with Gasteiger partial charge in [-0.05, 0) is 19.9 Å². The van der Waals surface area contributed by atoms with E-state index in [2.05, 4.69) is 9.71 Å². The lowest BCUT2D eigenvalue weighted by Gasteiger charge is -2.21. The van der Waals surface area contributed by atoms with Crippen molar-refractivity contribution < 1.29 is 13.2 Å². The zero-order valence-electron chi connectivity index (χ0n) is 9.65. The van der Waals surface area contributed by atoms with Crippen LogP contribution in [0.25, 0.3) is 0 Å². The molecule has 0 atom stereocenters. The van der Waals surface area contributed by atoms with E-state index in [1.54, 1.807) is 0 Å². The molecule has 0 unspecified atom stereocenters. The number of rotatable bonds is 4. The molecular weight excluding hydrogens is 282 g/mol.